The van der Waals surface area contributed by atoms with Crippen molar-refractivity contribution in [2.45, 2.75) is 19.3 Å². The van der Waals surface area contributed by atoms with Gasteiger partial charge in [0.15, 0.2) is 0 Å². The number of hydrogen-bond acceptors (Lipinski definition) is 4. The van der Waals surface area contributed by atoms with Crippen LogP contribution in [0.15, 0.2) is 11.6 Å². The lowest BCUT2D eigenvalue weighted by Gasteiger charge is -2.14. The van der Waals surface area contributed by atoms with Crippen LogP contribution in [0.4, 0.5) is 0 Å². The molecule has 0 bridgehead atoms. The van der Waals surface area contributed by atoms with Crippen molar-refractivity contribution < 1.29 is 19.4 Å². The van der Waals surface area contributed by atoms with Gasteiger partial charge in [-0.1, -0.05) is 0 Å². The number of carbonyl (C=O) groups excluding carboxylic acids is 1. The number of hydrogen-bond donors (Lipinski definition) is 1. The number of likely N-dealkylation sites (tertiary alicyclic amines) is 1. The lowest BCUT2D eigenvalue weighted by Crippen LogP contribution is -2.22. The molecule has 0 radical (unpaired) electrons. The van der Waals surface area contributed by atoms with Gasteiger partial charge in [0.05, 0.1) is 7.11 Å². The Bertz CT molecular complexity index is 292. The summed E-state index contributed by atoms with van der Waals surface area (Å²) in [7, 11) is 1.26. The fourth-order valence-corrected chi connectivity index (χ4v) is 1.80. The molecule has 0 amide bonds. The Hall–Kier alpha value is -1.36. The normalized spacial score (nSPS) is 17.4. The van der Waals surface area contributed by atoms with Crippen molar-refractivity contribution in [1.29, 1.82) is 0 Å². The molecule has 0 atom stereocenters. The molecule has 16 heavy (non-hydrogen) atoms. The van der Waals surface area contributed by atoms with Crippen molar-refractivity contribution in [3.8, 4) is 0 Å². The molecule has 0 aromatic heterocycles. The minimum absolute atomic E-state index is 0.224. The minimum Gasteiger partial charge on any atom is -0.478 e. The van der Waals surface area contributed by atoms with Gasteiger partial charge in [-0.2, -0.15) is 0 Å². The van der Waals surface area contributed by atoms with E-state index in [1.807, 2.05) is 0 Å². The van der Waals surface area contributed by atoms with Crippen LogP contribution < -0.4 is 0 Å². The van der Waals surface area contributed by atoms with Crippen LogP contribution in [-0.4, -0.2) is 48.7 Å². The third-order valence-corrected chi connectivity index (χ3v) is 2.64. The highest BCUT2D eigenvalue weighted by molar-refractivity contribution is 5.95. The number of ether oxygens (including phenoxy) is 1. The fraction of sp³-hybridized carbons (Fsp3) is 0.636. The van der Waals surface area contributed by atoms with Crippen LogP contribution in [0.25, 0.3) is 0 Å². The zero-order valence-corrected chi connectivity index (χ0v) is 9.44. The third-order valence-electron chi connectivity index (χ3n) is 2.64. The van der Waals surface area contributed by atoms with Crippen molar-refractivity contribution in [3.05, 3.63) is 11.6 Å². The van der Waals surface area contributed by atoms with E-state index in [0.29, 0.717) is 13.0 Å². The van der Waals surface area contributed by atoms with Crippen molar-refractivity contribution in [1.82, 2.24) is 4.90 Å². The summed E-state index contributed by atoms with van der Waals surface area (Å²) in [6, 6.07) is 0. The van der Waals surface area contributed by atoms with Gasteiger partial charge in [0, 0.05) is 18.2 Å². The van der Waals surface area contributed by atoms with E-state index < -0.39 is 11.9 Å². The van der Waals surface area contributed by atoms with Gasteiger partial charge in [-0.05, 0) is 32.4 Å². The maximum absolute atomic E-state index is 11.3. The van der Waals surface area contributed by atoms with E-state index in [2.05, 4.69) is 9.64 Å². The van der Waals surface area contributed by atoms with Crippen molar-refractivity contribution in [3.63, 3.8) is 0 Å². The summed E-state index contributed by atoms with van der Waals surface area (Å²) in [4.78, 5) is 24.0. The molecule has 1 saturated heterocycles. The number of carboxylic acid groups (broad SMARTS) is 1. The van der Waals surface area contributed by atoms with Crippen LogP contribution in [-0.2, 0) is 14.3 Å². The van der Waals surface area contributed by atoms with Crippen LogP contribution in [0.3, 0.4) is 0 Å². The van der Waals surface area contributed by atoms with Crippen molar-refractivity contribution >= 4 is 11.9 Å². The molecule has 1 rings (SSSR count). The zero-order valence-electron chi connectivity index (χ0n) is 9.44. The van der Waals surface area contributed by atoms with E-state index in [4.69, 9.17) is 5.11 Å². The Morgan fingerprint density at radius 2 is 2.00 bits per heavy atom. The van der Waals surface area contributed by atoms with E-state index in [1.165, 1.54) is 20.0 Å². The number of carboxylic acids is 1. The maximum Gasteiger partial charge on any atom is 0.334 e. The van der Waals surface area contributed by atoms with Crippen LogP contribution in [0.1, 0.15) is 19.3 Å². The van der Waals surface area contributed by atoms with Gasteiger partial charge < -0.3 is 14.7 Å². The molecule has 0 spiro atoms. The highest BCUT2D eigenvalue weighted by atomic mass is 16.5. The minimum atomic E-state index is -1.11. The van der Waals surface area contributed by atoms with Crippen molar-refractivity contribution in [2.24, 2.45) is 0 Å². The molecule has 1 aliphatic rings. The first-order chi connectivity index (χ1) is 7.63. The zero-order chi connectivity index (χ0) is 12.0. The molecule has 1 fully saturated rings. The molecule has 0 aromatic carbocycles. The average Bonchev–Trinajstić information content (AvgIpc) is 2.75. The van der Waals surface area contributed by atoms with Crippen LogP contribution in [0.2, 0.25) is 0 Å². The third kappa shape index (κ3) is 4.02. The molecule has 5 heteroatoms. The van der Waals surface area contributed by atoms with Gasteiger partial charge >= 0.3 is 11.9 Å². The Kier molecular flexibility index (Phi) is 4.98. The first kappa shape index (κ1) is 12.7. The second-order valence-electron chi connectivity index (χ2n) is 3.80. The highest BCUT2D eigenvalue weighted by Gasteiger charge is 2.16. The van der Waals surface area contributed by atoms with Gasteiger partial charge in [-0.25, -0.2) is 9.59 Å². The SMILES string of the molecule is COC(=O)/C(=C/C(=O)O)CCN1CCCC1. The second-order valence-corrected chi connectivity index (χ2v) is 3.80. The van der Waals surface area contributed by atoms with E-state index >= 15 is 0 Å². The summed E-state index contributed by atoms with van der Waals surface area (Å²) in [6.07, 6.45) is 3.72. The monoisotopic (exact) mass is 227 g/mol. The topological polar surface area (TPSA) is 66.8 Å². The van der Waals surface area contributed by atoms with Gasteiger partial charge in [0.2, 0.25) is 0 Å². The molecule has 1 N–H and O–H groups in total. The molecular weight excluding hydrogens is 210 g/mol. The Balaban J connectivity index is 2.49. The Morgan fingerprint density at radius 3 is 2.50 bits per heavy atom. The summed E-state index contributed by atoms with van der Waals surface area (Å²) in [5, 5.41) is 8.62. The first-order valence-electron chi connectivity index (χ1n) is 5.37. The molecule has 1 heterocycles. The van der Waals surface area contributed by atoms with Gasteiger partial charge in [-0.15, -0.1) is 0 Å². The number of carbonyl (C=O) groups is 2. The van der Waals surface area contributed by atoms with E-state index in [-0.39, 0.29) is 5.57 Å². The molecule has 5 nitrogen and oxygen atoms in total. The predicted molar refractivity (Wildman–Crippen MR) is 58.0 cm³/mol. The predicted octanol–water partition coefficient (Wildman–Crippen LogP) is 0.656. The molecule has 0 aromatic rings. The molecule has 1 aliphatic heterocycles. The molecular formula is C11H17NO4. The number of aliphatic carboxylic acids is 1. The lowest BCUT2D eigenvalue weighted by molar-refractivity contribution is -0.137. The van der Waals surface area contributed by atoms with Gasteiger partial charge in [0.25, 0.3) is 0 Å². The lowest BCUT2D eigenvalue weighted by atomic mass is 10.1. The number of esters is 1. The Labute approximate surface area is 94.7 Å². The molecule has 0 unspecified atom stereocenters. The summed E-state index contributed by atoms with van der Waals surface area (Å²) >= 11 is 0. The fourth-order valence-electron chi connectivity index (χ4n) is 1.80. The highest BCUT2D eigenvalue weighted by Crippen LogP contribution is 2.11. The summed E-state index contributed by atoms with van der Waals surface area (Å²) in [5.41, 5.74) is 0.224. The molecule has 90 valence electrons. The van der Waals surface area contributed by atoms with Crippen molar-refractivity contribution in [2.75, 3.05) is 26.7 Å². The molecule has 0 aliphatic carbocycles. The summed E-state index contributed by atoms with van der Waals surface area (Å²) in [6.45, 7) is 2.78. The van der Waals surface area contributed by atoms with E-state index in [0.717, 1.165) is 19.2 Å². The Morgan fingerprint density at radius 1 is 1.38 bits per heavy atom. The van der Waals surface area contributed by atoms with Gasteiger partial charge in [-0.3, -0.25) is 0 Å². The maximum atomic E-state index is 11.3. The number of nitrogens with zero attached hydrogens (tertiary/aromatic N) is 1. The molecule has 0 saturated carbocycles. The first-order valence-corrected chi connectivity index (χ1v) is 5.37. The van der Waals surface area contributed by atoms with E-state index in [9.17, 15) is 9.59 Å². The quantitative estimate of drug-likeness (QED) is 0.552. The van der Waals surface area contributed by atoms with Crippen LogP contribution >= 0.6 is 0 Å². The standard InChI is InChI=1S/C11H17NO4/c1-16-11(15)9(8-10(13)14)4-7-12-5-2-3-6-12/h8H,2-7H2,1H3,(H,13,14)/b9-8+. The smallest absolute Gasteiger partial charge is 0.334 e. The largest absolute Gasteiger partial charge is 0.478 e. The summed E-state index contributed by atoms with van der Waals surface area (Å²) < 4.78 is 4.54. The number of methoxy groups -OCH3 is 1. The summed E-state index contributed by atoms with van der Waals surface area (Å²) in [5.74, 6) is -1.66. The van der Waals surface area contributed by atoms with Crippen LogP contribution in [0, 0.1) is 0 Å². The van der Waals surface area contributed by atoms with Gasteiger partial charge in [0.1, 0.15) is 0 Å². The van der Waals surface area contributed by atoms with E-state index in [1.54, 1.807) is 0 Å². The average molecular weight is 227 g/mol. The second kappa shape index (κ2) is 6.27. The van der Waals surface area contributed by atoms with Crippen LogP contribution in [0.5, 0.6) is 0 Å². The number of rotatable bonds is 5.